The van der Waals surface area contributed by atoms with Gasteiger partial charge in [-0.15, -0.1) is 0 Å². The standard InChI is InChI=1S/C19H25NO4/c1-5-8-14-11-18(22)24-19-13(4)16(10-9-15(14)19)23-12-17(21)20(6-2)7-3/h9-11H,5-8,12H2,1-4H3. The predicted octanol–water partition coefficient (Wildman–Crippen LogP) is 3.30. The number of hydrogen-bond donors (Lipinski definition) is 0. The fourth-order valence-corrected chi connectivity index (χ4v) is 2.85. The maximum atomic E-state index is 12.1. The van der Waals surface area contributed by atoms with Gasteiger partial charge in [-0.05, 0) is 44.9 Å². The van der Waals surface area contributed by atoms with Gasteiger partial charge in [0.05, 0.1) is 0 Å². The highest BCUT2D eigenvalue weighted by molar-refractivity contribution is 5.85. The van der Waals surface area contributed by atoms with E-state index in [2.05, 4.69) is 6.92 Å². The van der Waals surface area contributed by atoms with Crippen LogP contribution in [0, 0.1) is 6.92 Å². The summed E-state index contributed by atoms with van der Waals surface area (Å²) in [5.74, 6) is 0.514. The van der Waals surface area contributed by atoms with Crippen LogP contribution in [0.25, 0.3) is 11.0 Å². The largest absolute Gasteiger partial charge is 0.483 e. The Bertz CT molecular complexity index is 775. The Kier molecular flexibility index (Phi) is 6.01. The Morgan fingerprint density at radius 3 is 2.54 bits per heavy atom. The third kappa shape index (κ3) is 3.78. The maximum absolute atomic E-state index is 12.1. The molecular formula is C19H25NO4. The number of carbonyl (C=O) groups excluding carboxylic acids is 1. The van der Waals surface area contributed by atoms with Gasteiger partial charge in [0.2, 0.25) is 0 Å². The summed E-state index contributed by atoms with van der Waals surface area (Å²) in [6.07, 6.45) is 1.77. The summed E-state index contributed by atoms with van der Waals surface area (Å²) in [7, 11) is 0. The number of hydrogen-bond acceptors (Lipinski definition) is 4. The van der Waals surface area contributed by atoms with Gasteiger partial charge in [0.1, 0.15) is 11.3 Å². The van der Waals surface area contributed by atoms with E-state index in [0.29, 0.717) is 24.4 Å². The maximum Gasteiger partial charge on any atom is 0.336 e. The van der Waals surface area contributed by atoms with E-state index in [9.17, 15) is 9.59 Å². The lowest BCUT2D eigenvalue weighted by molar-refractivity contribution is -0.132. The van der Waals surface area contributed by atoms with E-state index in [1.54, 1.807) is 11.0 Å². The molecule has 0 saturated carbocycles. The first-order valence-corrected chi connectivity index (χ1v) is 8.48. The third-order valence-electron chi connectivity index (χ3n) is 4.18. The van der Waals surface area contributed by atoms with Crippen LogP contribution in [0.1, 0.15) is 38.3 Å². The van der Waals surface area contributed by atoms with Crippen molar-refractivity contribution in [1.29, 1.82) is 0 Å². The molecule has 130 valence electrons. The van der Waals surface area contributed by atoms with E-state index >= 15 is 0 Å². The molecule has 1 amide bonds. The molecule has 0 fully saturated rings. The summed E-state index contributed by atoms with van der Waals surface area (Å²) in [5.41, 5.74) is 1.91. The number of rotatable bonds is 7. The lowest BCUT2D eigenvalue weighted by Gasteiger charge is -2.19. The molecule has 2 rings (SSSR count). The van der Waals surface area contributed by atoms with E-state index in [4.69, 9.17) is 9.15 Å². The van der Waals surface area contributed by atoms with Gasteiger partial charge < -0.3 is 14.1 Å². The molecule has 0 aliphatic heterocycles. The molecule has 24 heavy (non-hydrogen) atoms. The van der Waals surface area contributed by atoms with Crippen molar-refractivity contribution in [3.63, 3.8) is 0 Å². The fraction of sp³-hybridized carbons (Fsp3) is 0.474. The van der Waals surface area contributed by atoms with E-state index in [1.165, 1.54) is 0 Å². The summed E-state index contributed by atoms with van der Waals surface area (Å²) < 4.78 is 11.1. The molecule has 0 saturated heterocycles. The van der Waals surface area contributed by atoms with Crippen molar-refractivity contribution in [2.24, 2.45) is 0 Å². The Hall–Kier alpha value is -2.30. The van der Waals surface area contributed by atoms with Crippen molar-refractivity contribution in [1.82, 2.24) is 4.90 Å². The van der Waals surface area contributed by atoms with E-state index < -0.39 is 0 Å². The molecule has 1 aromatic heterocycles. The number of likely N-dealkylation sites (N-methyl/N-ethyl adjacent to an activating group) is 1. The third-order valence-corrected chi connectivity index (χ3v) is 4.18. The van der Waals surface area contributed by atoms with Crippen LogP contribution in [0.5, 0.6) is 5.75 Å². The smallest absolute Gasteiger partial charge is 0.336 e. The Labute approximate surface area is 142 Å². The number of ether oxygens (including phenoxy) is 1. The predicted molar refractivity (Wildman–Crippen MR) is 94.6 cm³/mol. The highest BCUT2D eigenvalue weighted by atomic mass is 16.5. The van der Waals surface area contributed by atoms with Crippen LogP contribution in [0.2, 0.25) is 0 Å². The lowest BCUT2D eigenvalue weighted by atomic mass is 10.0. The van der Waals surface area contributed by atoms with E-state index in [0.717, 1.165) is 29.4 Å². The summed E-state index contributed by atoms with van der Waals surface area (Å²) in [6.45, 7) is 9.09. The number of fused-ring (bicyclic) bond motifs is 1. The van der Waals surface area contributed by atoms with Crippen LogP contribution >= 0.6 is 0 Å². The fourth-order valence-electron chi connectivity index (χ4n) is 2.85. The first-order chi connectivity index (χ1) is 11.5. The second-order valence-electron chi connectivity index (χ2n) is 5.76. The Balaban J connectivity index is 2.31. The Morgan fingerprint density at radius 1 is 1.21 bits per heavy atom. The Morgan fingerprint density at radius 2 is 1.92 bits per heavy atom. The van der Waals surface area contributed by atoms with Crippen molar-refractivity contribution in [3.05, 3.63) is 39.7 Å². The molecule has 0 N–H and O–H groups in total. The molecule has 0 atom stereocenters. The summed E-state index contributed by atoms with van der Waals surface area (Å²) in [6, 6.07) is 5.29. The van der Waals surface area contributed by atoms with Crippen LogP contribution in [-0.2, 0) is 11.2 Å². The highest BCUT2D eigenvalue weighted by Gasteiger charge is 2.14. The van der Waals surface area contributed by atoms with Crippen molar-refractivity contribution >= 4 is 16.9 Å². The number of amides is 1. The second kappa shape index (κ2) is 7.99. The topological polar surface area (TPSA) is 59.8 Å². The minimum absolute atomic E-state index is 0.0209. The minimum Gasteiger partial charge on any atom is -0.483 e. The van der Waals surface area contributed by atoms with Gasteiger partial charge in [-0.25, -0.2) is 4.79 Å². The van der Waals surface area contributed by atoms with Gasteiger partial charge in [-0.1, -0.05) is 13.3 Å². The van der Waals surface area contributed by atoms with Gasteiger partial charge in [0, 0.05) is 30.1 Å². The highest BCUT2D eigenvalue weighted by Crippen LogP contribution is 2.29. The molecule has 5 heteroatoms. The van der Waals surface area contributed by atoms with Crippen LogP contribution in [-0.4, -0.2) is 30.5 Å². The van der Waals surface area contributed by atoms with Crippen molar-refractivity contribution in [3.8, 4) is 5.75 Å². The average Bonchev–Trinajstić information content (AvgIpc) is 2.56. The van der Waals surface area contributed by atoms with Gasteiger partial charge >= 0.3 is 5.63 Å². The summed E-state index contributed by atoms with van der Waals surface area (Å²) in [4.78, 5) is 25.6. The first kappa shape index (κ1) is 18.0. The molecule has 5 nitrogen and oxygen atoms in total. The van der Waals surface area contributed by atoms with E-state index in [1.807, 2.05) is 32.9 Å². The molecule has 0 radical (unpaired) electrons. The van der Waals surface area contributed by atoms with Crippen LogP contribution in [0.15, 0.2) is 27.4 Å². The second-order valence-corrected chi connectivity index (χ2v) is 5.76. The SMILES string of the molecule is CCCc1cc(=O)oc2c(C)c(OCC(=O)N(CC)CC)ccc12. The zero-order chi connectivity index (χ0) is 17.7. The number of carbonyl (C=O) groups is 1. The van der Waals surface area contributed by atoms with E-state index in [-0.39, 0.29) is 18.1 Å². The van der Waals surface area contributed by atoms with Gasteiger partial charge in [-0.3, -0.25) is 4.79 Å². The minimum atomic E-state index is -0.356. The number of nitrogens with zero attached hydrogens (tertiary/aromatic N) is 1. The molecular weight excluding hydrogens is 306 g/mol. The number of aryl methyl sites for hydroxylation is 2. The molecule has 1 heterocycles. The van der Waals surface area contributed by atoms with Crippen LogP contribution in [0.4, 0.5) is 0 Å². The number of benzene rings is 1. The van der Waals surface area contributed by atoms with Crippen molar-refractivity contribution in [2.75, 3.05) is 19.7 Å². The molecule has 0 unspecified atom stereocenters. The van der Waals surface area contributed by atoms with Gasteiger partial charge in [0.15, 0.2) is 6.61 Å². The molecule has 0 aliphatic carbocycles. The quantitative estimate of drug-likeness (QED) is 0.730. The first-order valence-electron chi connectivity index (χ1n) is 8.48. The van der Waals surface area contributed by atoms with Crippen LogP contribution < -0.4 is 10.4 Å². The van der Waals surface area contributed by atoms with Gasteiger partial charge in [0.25, 0.3) is 5.91 Å². The molecule has 0 aliphatic rings. The summed E-state index contributed by atoms with van der Waals surface area (Å²) in [5, 5.41) is 0.927. The zero-order valence-corrected chi connectivity index (χ0v) is 14.8. The summed E-state index contributed by atoms with van der Waals surface area (Å²) >= 11 is 0. The lowest BCUT2D eigenvalue weighted by Crippen LogP contribution is -2.34. The monoisotopic (exact) mass is 331 g/mol. The molecule has 0 spiro atoms. The van der Waals surface area contributed by atoms with Crippen molar-refractivity contribution in [2.45, 2.75) is 40.5 Å². The zero-order valence-electron chi connectivity index (χ0n) is 14.8. The van der Waals surface area contributed by atoms with Gasteiger partial charge in [-0.2, -0.15) is 0 Å². The molecule has 0 bridgehead atoms. The molecule has 2 aromatic rings. The van der Waals surface area contributed by atoms with Crippen LogP contribution in [0.3, 0.4) is 0 Å². The normalized spacial score (nSPS) is 10.8. The van der Waals surface area contributed by atoms with Crippen molar-refractivity contribution < 1.29 is 13.9 Å². The average molecular weight is 331 g/mol. The molecule has 1 aromatic carbocycles.